The molecule has 0 spiro atoms. The number of aromatic nitrogens is 1. The third kappa shape index (κ3) is 4.35. The normalized spacial score (nSPS) is 16.8. The molecule has 8 nitrogen and oxygen atoms in total. The number of nitrogens with zero attached hydrogens (tertiary/aromatic N) is 3. The Morgan fingerprint density at radius 2 is 2.07 bits per heavy atom. The van der Waals surface area contributed by atoms with E-state index in [0.717, 1.165) is 22.7 Å². The van der Waals surface area contributed by atoms with Crippen LogP contribution in [0.15, 0.2) is 47.6 Å². The van der Waals surface area contributed by atoms with Gasteiger partial charge in [-0.25, -0.2) is 8.42 Å². The number of carbonyl (C=O) groups is 1. The molecule has 9 heteroatoms. The van der Waals surface area contributed by atoms with E-state index in [1.807, 2.05) is 12.1 Å². The molecule has 1 atom stereocenters. The number of methoxy groups -OCH3 is 2. The highest BCUT2D eigenvalue weighted by Crippen LogP contribution is 2.38. The lowest BCUT2D eigenvalue weighted by atomic mass is 10.0. The molecule has 1 unspecified atom stereocenters. The first-order chi connectivity index (χ1) is 13.9. The fourth-order valence-electron chi connectivity index (χ4n) is 3.53. The SMILES string of the molecule is COc1ccc(C2CCCN2C(=O)CN(C)S(=O)(=O)c2cccnc2)c(OC)c1. The Balaban J connectivity index is 1.79. The van der Waals surface area contributed by atoms with Crippen molar-refractivity contribution in [3.63, 3.8) is 0 Å². The van der Waals surface area contributed by atoms with E-state index in [9.17, 15) is 13.2 Å². The van der Waals surface area contributed by atoms with E-state index in [-0.39, 0.29) is 23.4 Å². The van der Waals surface area contributed by atoms with Gasteiger partial charge in [0.1, 0.15) is 16.4 Å². The Bertz CT molecular complexity index is 965. The van der Waals surface area contributed by atoms with Crippen LogP contribution in [0.1, 0.15) is 24.4 Å². The summed E-state index contributed by atoms with van der Waals surface area (Å²) in [6.07, 6.45) is 4.40. The highest BCUT2D eigenvalue weighted by atomic mass is 32.2. The quantitative estimate of drug-likeness (QED) is 0.683. The molecule has 0 bridgehead atoms. The summed E-state index contributed by atoms with van der Waals surface area (Å²) >= 11 is 0. The molecule has 156 valence electrons. The van der Waals surface area contributed by atoms with Crippen molar-refractivity contribution in [2.75, 3.05) is 34.4 Å². The number of likely N-dealkylation sites (tertiary alicyclic amines) is 1. The number of likely N-dealkylation sites (N-methyl/N-ethyl adjacent to an activating group) is 1. The van der Waals surface area contributed by atoms with E-state index in [1.165, 1.54) is 25.5 Å². The van der Waals surface area contributed by atoms with E-state index in [0.29, 0.717) is 18.0 Å². The van der Waals surface area contributed by atoms with Crippen LogP contribution < -0.4 is 9.47 Å². The summed E-state index contributed by atoms with van der Waals surface area (Å²) in [6.45, 7) is 0.325. The Hall–Kier alpha value is -2.65. The summed E-state index contributed by atoms with van der Waals surface area (Å²) in [6, 6.07) is 8.36. The average Bonchev–Trinajstić information content (AvgIpc) is 3.23. The zero-order valence-corrected chi connectivity index (χ0v) is 17.6. The number of hydrogen-bond acceptors (Lipinski definition) is 6. The van der Waals surface area contributed by atoms with E-state index in [2.05, 4.69) is 4.98 Å². The fourth-order valence-corrected chi connectivity index (χ4v) is 4.61. The summed E-state index contributed by atoms with van der Waals surface area (Å²) in [5.41, 5.74) is 0.886. The van der Waals surface area contributed by atoms with Crippen LogP contribution in [-0.2, 0) is 14.8 Å². The third-order valence-corrected chi connectivity index (χ3v) is 6.86. The van der Waals surface area contributed by atoms with Gasteiger partial charge in [0.2, 0.25) is 15.9 Å². The van der Waals surface area contributed by atoms with Crippen molar-refractivity contribution in [1.82, 2.24) is 14.2 Å². The second-order valence-electron chi connectivity index (χ2n) is 6.80. The van der Waals surface area contributed by atoms with Crippen molar-refractivity contribution in [3.8, 4) is 11.5 Å². The molecule has 3 rings (SSSR count). The van der Waals surface area contributed by atoms with Crippen molar-refractivity contribution in [2.24, 2.45) is 0 Å². The summed E-state index contributed by atoms with van der Waals surface area (Å²) in [4.78, 5) is 18.6. The topological polar surface area (TPSA) is 89.0 Å². The van der Waals surface area contributed by atoms with Crippen LogP contribution in [-0.4, -0.2) is 62.9 Å². The van der Waals surface area contributed by atoms with Crippen LogP contribution in [0.2, 0.25) is 0 Å². The van der Waals surface area contributed by atoms with Gasteiger partial charge in [0.15, 0.2) is 0 Å². The molecule has 1 fully saturated rings. The van der Waals surface area contributed by atoms with Gasteiger partial charge in [-0.05, 0) is 37.1 Å². The lowest BCUT2D eigenvalue weighted by molar-refractivity contribution is -0.132. The monoisotopic (exact) mass is 419 g/mol. The predicted molar refractivity (Wildman–Crippen MR) is 107 cm³/mol. The number of benzene rings is 1. The largest absolute Gasteiger partial charge is 0.497 e. The summed E-state index contributed by atoms with van der Waals surface area (Å²) < 4.78 is 37.2. The maximum absolute atomic E-state index is 13.0. The number of amides is 1. The van der Waals surface area contributed by atoms with Crippen LogP contribution in [0, 0.1) is 0 Å². The molecular formula is C20H25N3O5S. The van der Waals surface area contributed by atoms with E-state index in [4.69, 9.17) is 9.47 Å². The van der Waals surface area contributed by atoms with Gasteiger partial charge < -0.3 is 14.4 Å². The lowest BCUT2D eigenvalue weighted by Crippen LogP contribution is -2.40. The number of ether oxygens (including phenoxy) is 2. The molecule has 29 heavy (non-hydrogen) atoms. The number of rotatable bonds is 7. The van der Waals surface area contributed by atoms with Gasteiger partial charge in [-0.1, -0.05) is 0 Å². The molecule has 1 aliphatic rings. The first-order valence-electron chi connectivity index (χ1n) is 9.26. The fraction of sp³-hybridized carbons (Fsp3) is 0.400. The van der Waals surface area contributed by atoms with Gasteiger partial charge in [0.05, 0.1) is 26.8 Å². The molecule has 0 aliphatic carbocycles. The molecule has 2 aromatic rings. The van der Waals surface area contributed by atoms with E-state index >= 15 is 0 Å². The van der Waals surface area contributed by atoms with Crippen LogP contribution in [0.25, 0.3) is 0 Å². The number of pyridine rings is 1. The number of sulfonamides is 1. The summed E-state index contributed by atoms with van der Waals surface area (Å²) in [7, 11) is 0.775. The van der Waals surface area contributed by atoms with Gasteiger partial charge in [0.25, 0.3) is 0 Å². The predicted octanol–water partition coefficient (Wildman–Crippen LogP) is 2.08. The van der Waals surface area contributed by atoms with Gasteiger partial charge >= 0.3 is 0 Å². The van der Waals surface area contributed by atoms with Crippen molar-refractivity contribution < 1.29 is 22.7 Å². The maximum Gasteiger partial charge on any atom is 0.244 e. The molecule has 1 saturated heterocycles. The first kappa shape index (κ1) is 21.1. The summed E-state index contributed by atoms with van der Waals surface area (Å²) in [5, 5.41) is 0. The zero-order chi connectivity index (χ0) is 21.0. The maximum atomic E-state index is 13.0. The molecule has 1 aromatic heterocycles. The zero-order valence-electron chi connectivity index (χ0n) is 16.7. The van der Waals surface area contributed by atoms with E-state index < -0.39 is 10.0 Å². The minimum absolute atomic E-state index is 0.0603. The number of carbonyl (C=O) groups excluding carboxylic acids is 1. The molecule has 1 aliphatic heterocycles. The molecule has 1 amide bonds. The first-order valence-corrected chi connectivity index (χ1v) is 10.7. The Morgan fingerprint density at radius 1 is 1.28 bits per heavy atom. The minimum atomic E-state index is -3.79. The molecule has 0 N–H and O–H groups in total. The highest BCUT2D eigenvalue weighted by molar-refractivity contribution is 7.89. The van der Waals surface area contributed by atoms with E-state index in [1.54, 1.807) is 31.3 Å². The van der Waals surface area contributed by atoms with Crippen LogP contribution in [0.5, 0.6) is 11.5 Å². The average molecular weight is 420 g/mol. The highest BCUT2D eigenvalue weighted by Gasteiger charge is 2.34. The van der Waals surface area contributed by atoms with Crippen LogP contribution in [0.3, 0.4) is 0 Å². The standard InChI is InChI=1S/C20H25N3O5S/c1-22(29(25,26)16-6-4-10-21-13-16)14-20(24)23-11-5-7-18(23)17-9-8-15(27-2)12-19(17)28-3/h4,6,8-10,12-13,18H,5,7,11,14H2,1-3H3. The van der Waals surface area contributed by atoms with Crippen LogP contribution in [0.4, 0.5) is 0 Å². The Kier molecular flexibility index (Phi) is 6.39. The van der Waals surface area contributed by atoms with Gasteiger partial charge in [-0.3, -0.25) is 9.78 Å². The molecule has 0 saturated carbocycles. The lowest BCUT2D eigenvalue weighted by Gasteiger charge is -2.28. The van der Waals surface area contributed by atoms with Crippen molar-refractivity contribution in [3.05, 3.63) is 48.3 Å². The smallest absolute Gasteiger partial charge is 0.244 e. The molecular weight excluding hydrogens is 394 g/mol. The Morgan fingerprint density at radius 3 is 2.72 bits per heavy atom. The second kappa shape index (κ2) is 8.79. The van der Waals surface area contributed by atoms with Gasteiger partial charge in [0, 0.05) is 37.6 Å². The molecule has 0 radical (unpaired) electrons. The van der Waals surface area contributed by atoms with Gasteiger partial charge in [-0.15, -0.1) is 0 Å². The summed E-state index contributed by atoms with van der Waals surface area (Å²) in [5.74, 6) is 1.06. The number of hydrogen-bond donors (Lipinski definition) is 0. The van der Waals surface area contributed by atoms with Crippen molar-refractivity contribution in [1.29, 1.82) is 0 Å². The van der Waals surface area contributed by atoms with Gasteiger partial charge in [-0.2, -0.15) is 4.31 Å². The third-order valence-electron chi connectivity index (χ3n) is 5.07. The Labute approximate surface area is 171 Å². The van der Waals surface area contributed by atoms with Crippen LogP contribution >= 0.6 is 0 Å². The molecule has 1 aromatic carbocycles. The van der Waals surface area contributed by atoms with Crippen molar-refractivity contribution >= 4 is 15.9 Å². The minimum Gasteiger partial charge on any atom is -0.497 e. The molecule has 2 heterocycles. The van der Waals surface area contributed by atoms with Crippen molar-refractivity contribution in [2.45, 2.75) is 23.8 Å². The second-order valence-corrected chi connectivity index (χ2v) is 8.85.